The smallest absolute Gasteiger partial charge is 0.240 e. The molecule has 0 bridgehead atoms. The molecular formula is C14H18N2O3S. The molecule has 1 aromatic carbocycles. The van der Waals surface area contributed by atoms with Gasteiger partial charge in [-0.2, -0.15) is 0 Å². The standard InChI is InChI=1S/C14H18N2O3S/c17-14-8-11(10-16(14)12-6-7-12)9-15-20(18,19)13-4-2-1-3-5-13/h1-5,11-12,15H,6-10H2. The zero-order chi connectivity index (χ0) is 14.2. The van der Waals surface area contributed by atoms with Crippen molar-refractivity contribution in [2.24, 2.45) is 5.92 Å². The van der Waals surface area contributed by atoms with E-state index >= 15 is 0 Å². The number of likely N-dealkylation sites (tertiary alicyclic amines) is 1. The Bertz CT molecular complexity index is 596. The Balaban J connectivity index is 1.59. The quantitative estimate of drug-likeness (QED) is 0.880. The lowest BCUT2D eigenvalue weighted by molar-refractivity contribution is -0.128. The van der Waals surface area contributed by atoms with Crippen LogP contribution < -0.4 is 4.72 Å². The van der Waals surface area contributed by atoms with Crippen LogP contribution in [0.25, 0.3) is 0 Å². The predicted octanol–water partition coefficient (Wildman–Crippen LogP) is 0.976. The molecule has 1 unspecified atom stereocenters. The highest BCUT2D eigenvalue weighted by molar-refractivity contribution is 7.89. The van der Waals surface area contributed by atoms with Crippen LogP contribution in [0.3, 0.4) is 0 Å². The largest absolute Gasteiger partial charge is 0.339 e. The first-order valence-electron chi connectivity index (χ1n) is 6.90. The Labute approximate surface area is 119 Å². The monoisotopic (exact) mass is 294 g/mol. The highest BCUT2D eigenvalue weighted by Crippen LogP contribution is 2.32. The number of hydrogen-bond donors (Lipinski definition) is 1. The van der Waals surface area contributed by atoms with E-state index in [-0.39, 0.29) is 16.7 Å². The van der Waals surface area contributed by atoms with Crippen LogP contribution in [0.2, 0.25) is 0 Å². The molecule has 1 saturated carbocycles. The summed E-state index contributed by atoms with van der Waals surface area (Å²) in [6.45, 7) is 1.01. The minimum atomic E-state index is -3.47. The second-order valence-electron chi connectivity index (χ2n) is 5.51. The summed E-state index contributed by atoms with van der Waals surface area (Å²) in [5, 5.41) is 0. The normalized spacial score (nSPS) is 23.3. The third-order valence-corrected chi connectivity index (χ3v) is 5.28. The first-order chi connectivity index (χ1) is 9.56. The minimum Gasteiger partial charge on any atom is -0.339 e. The molecule has 108 valence electrons. The third-order valence-electron chi connectivity index (χ3n) is 3.84. The average Bonchev–Trinajstić information content (AvgIpc) is 3.21. The molecule has 1 heterocycles. The van der Waals surface area contributed by atoms with E-state index in [2.05, 4.69) is 4.72 Å². The van der Waals surface area contributed by atoms with Gasteiger partial charge in [-0.25, -0.2) is 13.1 Å². The molecule has 0 spiro atoms. The van der Waals surface area contributed by atoms with Gasteiger partial charge < -0.3 is 4.90 Å². The van der Waals surface area contributed by atoms with Gasteiger partial charge in [0.05, 0.1) is 4.90 Å². The molecule has 2 aliphatic rings. The zero-order valence-corrected chi connectivity index (χ0v) is 12.0. The van der Waals surface area contributed by atoms with Crippen molar-refractivity contribution in [2.45, 2.75) is 30.2 Å². The van der Waals surface area contributed by atoms with E-state index in [9.17, 15) is 13.2 Å². The Morgan fingerprint density at radius 1 is 1.20 bits per heavy atom. The second kappa shape index (κ2) is 5.18. The number of rotatable bonds is 5. The Kier molecular flexibility index (Phi) is 3.52. The molecule has 1 amide bonds. The molecule has 1 aliphatic carbocycles. The van der Waals surface area contributed by atoms with Gasteiger partial charge in [0, 0.05) is 25.6 Å². The average molecular weight is 294 g/mol. The first kappa shape index (κ1) is 13.6. The van der Waals surface area contributed by atoms with Crippen molar-refractivity contribution in [3.8, 4) is 0 Å². The summed E-state index contributed by atoms with van der Waals surface area (Å²) in [6, 6.07) is 8.72. The molecule has 6 heteroatoms. The van der Waals surface area contributed by atoms with E-state index in [1.807, 2.05) is 4.90 Å². The second-order valence-corrected chi connectivity index (χ2v) is 7.28. The number of amides is 1. The van der Waals surface area contributed by atoms with E-state index in [0.29, 0.717) is 25.6 Å². The molecule has 5 nitrogen and oxygen atoms in total. The van der Waals surface area contributed by atoms with Crippen LogP contribution in [0.1, 0.15) is 19.3 Å². The molecule has 3 rings (SSSR count). The fraction of sp³-hybridized carbons (Fsp3) is 0.500. The van der Waals surface area contributed by atoms with E-state index in [1.165, 1.54) is 0 Å². The van der Waals surface area contributed by atoms with E-state index in [0.717, 1.165) is 12.8 Å². The molecule has 1 N–H and O–H groups in total. The van der Waals surface area contributed by atoms with Gasteiger partial charge in [-0.15, -0.1) is 0 Å². The van der Waals surface area contributed by atoms with Gasteiger partial charge in [-0.1, -0.05) is 18.2 Å². The van der Waals surface area contributed by atoms with Gasteiger partial charge in [-0.3, -0.25) is 4.79 Å². The summed E-state index contributed by atoms with van der Waals surface area (Å²) < 4.78 is 26.8. The lowest BCUT2D eigenvalue weighted by Gasteiger charge is -2.15. The van der Waals surface area contributed by atoms with Crippen molar-refractivity contribution in [3.63, 3.8) is 0 Å². The summed E-state index contributed by atoms with van der Waals surface area (Å²) in [5.41, 5.74) is 0. The van der Waals surface area contributed by atoms with Crippen molar-refractivity contribution in [1.29, 1.82) is 0 Å². The van der Waals surface area contributed by atoms with Gasteiger partial charge in [0.1, 0.15) is 0 Å². The van der Waals surface area contributed by atoms with Crippen LogP contribution in [0, 0.1) is 5.92 Å². The van der Waals surface area contributed by atoms with E-state index in [4.69, 9.17) is 0 Å². The maximum Gasteiger partial charge on any atom is 0.240 e. The fourth-order valence-electron chi connectivity index (χ4n) is 2.59. The van der Waals surface area contributed by atoms with E-state index < -0.39 is 10.0 Å². The van der Waals surface area contributed by atoms with Crippen molar-refractivity contribution in [2.75, 3.05) is 13.1 Å². The van der Waals surface area contributed by atoms with Crippen LogP contribution >= 0.6 is 0 Å². The molecular weight excluding hydrogens is 276 g/mol. The molecule has 1 saturated heterocycles. The Morgan fingerprint density at radius 2 is 1.90 bits per heavy atom. The number of carbonyl (C=O) groups excluding carboxylic acids is 1. The highest BCUT2D eigenvalue weighted by Gasteiger charge is 2.39. The van der Waals surface area contributed by atoms with Crippen molar-refractivity contribution < 1.29 is 13.2 Å². The van der Waals surface area contributed by atoms with Crippen molar-refractivity contribution in [3.05, 3.63) is 30.3 Å². The number of nitrogens with one attached hydrogen (secondary N) is 1. The number of nitrogens with zero attached hydrogens (tertiary/aromatic N) is 1. The predicted molar refractivity (Wildman–Crippen MR) is 74.5 cm³/mol. The Hall–Kier alpha value is -1.40. The van der Waals surface area contributed by atoms with Crippen LogP contribution in [-0.2, 0) is 14.8 Å². The topological polar surface area (TPSA) is 66.5 Å². The Morgan fingerprint density at radius 3 is 2.55 bits per heavy atom. The number of hydrogen-bond acceptors (Lipinski definition) is 3. The van der Waals surface area contributed by atoms with Crippen LogP contribution in [0.5, 0.6) is 0 Å². The molecule has 1 atom stereocenters. The van der Waals surface area contributed by atoms with Gasteiger partial charge in [0.15, 0.2) is 0 Å². The van der Waals surface area contributed by atoms with Gasteiger partial charge in [0.2, 0.25) is 15.9 Å². The highest BCUT2D eigenvalue weighted by atomic mass is 32.2. The summed E-state index contributed by atoms with van der Waals surface area (Å²) in [7, 11) is -3.47. The van der Waals surface area contributed by atoms with Crippen LogP contribution in [-0.4, -0.2) is 38.4 Å². The molecule has 1 aliphatic heterocycles. The maximum atomic E-state index is 12.1. The zero-order valence-electron chi connectivity index (χ0n) is 11.2. The molecule has 1 aromatic rings. The SMILES string of the molecule is O=C1CC(CNS(=O)(=O)c2ccccc2)CN1C1CC1. The maximum absolute atomic E-state index is 12.1. The molecule has 2 fully saturated rings. The molecule has 20 heavy (non-hydrogen) atoms. The lowest BCUT2D eigenvalue weighted by Crippen LogP contribution is -2.32. The van der Waals surface area contributed by atoms with Crippen molar-refractivity contribution in [1.82, 2.24) is 9.62 Å². The number of benzene rings is 1. The number of sulfonamides is 1. The molecule has 0 aromatic heterocycles. The molecule has 0 radical (unpaired) electrons. The van der Waals surface area contributed by atoms with Gasteiger partial charge >= 0.3 is 0 Å². The van der Waals surface area contributed by atoms with E-state index in [1.54, 1.807) is 30.3 Å². The lowest BCUT2D eigenvalue weighted by atomic mass is 10.1. The summed E-state index contributed by atoms with van der Waals surface area (Å²) in [4.78, 5) is 14.0. The number of carbonyl (C=O) groups is 1. The minimum absolute atomic E-state index is 0.0848. The first-order valence-corrected chi connectivity index (χ1v) is 8.39. The summed E-state index contributed by atoms with van der Waals surface area (Å²) >= 11 is 0. The fourth-order valence-corrected chi connectivity index (χ4v) is 3.73. The summed E-state index contributed by atoms with van der Waals surface area (Å²) in [6.07, 6.45) is 2.64. The third kappa shape index (κ3) is 2.86. The van der Waals surface area contributed by atoms with Crippen LogP contribution in [0.15, 0.2) is 35.2 Å². The van der Waals surface area contributed by atoms with Crippen LogP contribution in [0.4, 0.5) is 0 Å². The van der Waals surface area contributed by atoms with Gasteiger partial charge in [0.25, 0.3) is 0 Å². The van der Waals surface area contributed by atoms with Crippen molar-refractivity contribution >= 4 is 15.9 Å². The summed E-state index contributed by atoms with van der Waals surface area (Å²) in [5.74, 6) is 0.248. The van der Waals surface area contributed by atoms with Gasteiger partial charge in [-0.05, 0) is 30.9 Å².